The molecule has 0 aromatic heterocycles. The van der Waals surface area contributed by atoms with Crippen LogP contribution in [0.15, 0.2) is 24.3 Å². The molecule has 1 heteroatoms. The second kappa shape index (κ2) is 6.94. The summed E-state index contributed by atoms with van der Waals surface area (Å²) in [5.74, 6) is 0.714. The summed E-state index contributed by atoms with van der Waals surface area (Å²) >= 11 is 0. The van der Waals surface area contributed by atoms with Crippen molar-refractivity contribution in [3.05, 3.63) is 35.4 Å². The Morgan fingerprint density at radius 2 is 2.11 bits per heavy atom. The Kier molecular flexibility index (Phi) is 5.25. The summed E-state index contributed by atoms with van der Waals surface area (Å²) in [7, 11) is 0. The Bertz CT molecular complexity index is 358. The van der Waals surface area contributed by atoms with Crippen LogP contribution in [0, 0.1) is 0 Å². The van der Waals surface area contributed by atoms with Gasteiger partial charge in [0.1, 0.15) is 0 Å². The third-order valence-electron chi connectivity index (χ3n) is 4.26. The highest BCUT2D eigenvalue weighted by atomic mass is 14.6. The molecule has 1 aliphatic carbocycles. The molecule has 0 bridgehead atoms. The molecule has 0 amide bonds. The molecule has 0 heterocycles. The first-order chi connectivity index (χ1) is 8.81. The molecule has 2 N–H and O–H groups in total. The Morgan fingerprint density at radius 3 is 2.94 bits per heavy atom. The van der Waals surface area contributed by atoms with Crippen LogP contribution in [0.5, 0.6) is 0 Å². The lowest BCUT2D eigenvalue weighted by Crippen LogP contribution is -2.24. The maximum atomic E-state index is 6.30. The molecule has 1 aromatic rings. The van der Waals surface area contributed by atoms with Gasteiger partial charge in [0.2, 0.25) is 0 Å². The van der Waals surface area contributed by atoms with Crippen molar-refractivity contribution in [1.29, 1.82) is 0 Å². The van der Waals surface area contributed by atoms with Gasteiger partial charge >= 0.3 is 0 Å². The molecule has 1 nitrogen and oxygen atoms in total. The first-order valence-electron chi connectivity index (χ1n) is 7.64. The molecule has 1 aromatic carbocycles. The van der Waals surface area contributed by atoms with Crippen LogP contribution >= 0.6 is 0 Å². The van der Waals surface area contributed by atoms with E-state index in [0.29, 0.717) is 12.0 Å². The monoisotopic (exact) mass is 245 g/mol. The van der Waals surface area contributed by atoms with Crippen molar-refractivity contribution in [2.45, 2.75) is 70.3 Å². The molecular weight excluding hydrogens is 218 g/mol. The van der Waals surface area contributed by atoms with E-state index in [4.69, 9.17) is 5.73 Å². The molecule has 0 radical (unpaired) electrons. The summed E-state index contributed by atoms with van der Waals surface area (Å²) < 4.78 is 0. The summed E-state index contributed by atoms with van der Waals surface area (Å²) in [6.45, 7) is 2.25. The van der Waals surface area contributed by atoms with Crippen molar-refractivity contribution in [2.75, 3.05) is 0 Å². The number of fused-ring (bicyclic) bond motifs is 1. The topological polar surface area (TPSA) is 26.0 Å². The largest absolute Gasteiger partial charge is 0.328 e. The van der Waals surface area contributed by atoms with Gasteiger partial charge < -0.3 is 5.73 Å². The smallest absolute Gasteiger partial charge is 0.00446 e. The van der Waals surface area contributed by atoms with Gasteiger partial charge in [0.25, 0.3) is 0 Å². The van der Waals surface area contributed by atoms with Crippen LogP contribution in [0.4, 0.5) is 0 Å². The first kappa shape index (κ1) is 13.6. The molecule has 1 aliphatic rings. The van der Waals surface area contributed by atoms with Crippen LogP contribution in [0.2, 0.25) is 0 Å². The Balaban J connectivity index is 1.90. The fourth-order valence-electron chi connectivity index (χ4n) is 3.24. The average Bonchev–Trinajstić information content (AvgIpc) is 2.39. The van der Waals surface area contributed by atoms with Crippen molar-refractivity contribution < 1.29 is 0 Å². The molecule has 0 saturated carbocycles. The normalized spacial score (nSPS) is 20.4. The molecule has 0 aliphatic heterocycles. The zero-order chi connectivity index (χ0) is 12.8. The highest BCUT2D eigenvalue weighted by molar-refractivity contribution is 5.32. The molecule has 0 spiro atoms. The average molecular weight is 245 g/mol. The standard InChI is InChI=1S/C17H27N/c1-2-3-4-11-16(18)13-15-10-7-9-14-8-5-6-12-17(14)15/h5-6,8,12,15-16H,2-4,7,9-11,13,18H2,1H3. The van der Waals surface area contributed by atoms with Gasteiger partial charge in [-0.2, -0.15) is 0 Å². The van der Waals surface area contributed by atoms with Gasteiger partial charge in [-0.05, 0) is 49.1 Å². The van der Waals surface area contributed by atoms with E-state index in [1.54, 1.807) is 11.1 Å². The minimum absolute atomic E-state index is 0.396. The molecular formula is C17H27N. The fraction of sp³-hybridized carbons (Fsp3) is 0.647. The zero-order valence-corrected chi connectivity index (χ0v) is 11.7. The Labute approximate surface area is 112 Å². The fourth-order valence-corrected chi connectivity index (χ4v) is 3.24. The van der Waals surface area contributed by atoms with E-state index in [2.05, 4.69) is 31.2 Å². The first-order valence-corrected chi connectivity index (χ1v) is 7.64. The number of unbranched alkanes of at least 4 members (excludes halogenated alkanes) is 2. The van der Waals surface area contributed by atoms with Crippen LogP contribution in [0.3, 0.4) is 0 Å². The van der Waals surface area contributed by atoms with E-state index in [9.17, 15) is 0 Å². The van der Waals surface area contributed by atoms with Gasteiger partial charge in [0.05, 0.1) is 0 Å². The predicted octanol–water partition coefficient (Wildman–Crippen LogP) is 4.40. The van der Waals surface area contributed by atoms with Gasteiger partial charge in [-0.15, -0.1) is 0 Å². The minimum Gasteiger partial charge on any atom is -0.328 e. The summed E-state index contributed by atoms with van der Waals surface area (Å²) in [6, 6.07) is 9.36. The van der Waals surface area contributed by atoms with E-state index in [0.717, 1.165) is 0 Å². The third-order valence-corrected chi connectivity index (χ3v) is 4.26. The molecule has 2 atom stereocenters. The highest BCUT2D eigenvalue weighted by Gasteiger charge is 2.21. The summed E-state index contributed by atoms with van der Waals surface area (Å²) in [5.41, 5.74) is 9.45. The van der Waals surface area contributed by atoms with Gasteiger partial charge in [-0.1, -0.05) is 50.5 Å². The summed E-state index contributed by atoms with van der Waals surface area (Å²) in [4.78, 5) is 0. The lowest BCUT2D eigenvalue weighted by atomic mass is 9.79. The second-order valence-electron chi connectivity index (χ2n) is 5.78. The van der Waals surface area contributed by atoms with E-state index in [1.165, 1.54) is 51.4 Å². The maximum absolute atomic E-state index is 6.30. The molecule has 0 saturated heterocycles. The van der Waals surface area contributed by atoms with Crippen molar-refractivity contribution in [1.82, 2.24) is 0 Å². The van der Waals surface area contributed by atoms with Crippen molar-refractivity contribution >= 4 is 0 Å². The molecule has 2 unspecified atom stereocenters. The van der Waals surface area contributed by atoms with Crippen molar-refractivity contribution in [3.8, 4) is 0 Å². The van der Waals surface area contributed by atoms with Crippen LogP contribution in [-0.4, -0.2) is 6.04 Å². The van der Waals surface area contributed by atoms with Gasteiger partial charge in [0.15, 0.2) is 0 Å². The van der Waals surface area contributed by atoms with E-state index >= 15 is 0 Å². The molecule has 100 valence electrons. The van der Waals surface area contributed by atoms with Crippen molar-refractivity contribution in [2.24, 2.45) is 5.73 Å². The van der Waals surface area contributed by atoms with E-state index in [1.807, 2.05) is 0 Å². The van der Waals surface area contributed by atoms with Gasteiger partial charge in [0, 0.05) is 6.04 Å². The van der Waals surface area contributed by atoms with Crippen LogP contribution < -0.4 is 5.73 Å². The van der Waals surface area contributed by atoms with Crippen LogP contribution in [-0.2, 0) is 6.42 Å². The predicted molar refractivity (Wildman–Crippen MR) is 78.9 cm³/mol. The number of hydrogen-bond donors (Lipinski definition) is 1. The number of nitrogens with two attached hydrogens (primary N) is 1. The SMILES string of the molecule is CCCCCC(N)CC1CCCc2ccccc21. The summed E-state index contributed by atoms with van der Waals surface area (Å²) in [5, 5.41) is 0. The number of rotatable bonds is 6. The van der Waals surface area contributed by atoms with Crippen LogP contribution in [0.25, 0.3) is 0 Å². The molecule has 0 fully saturated rings. The number of benzene rings is 1. The van der Waals surface area contributed by atoms with Crippen molar-refractivity contribution in [3.63, 3.8) is 0 Å². The van der Waals surface area contributed by atoms with E-state index in [-0.39, 0.29) is 0 Å². The highest BCUT2D eigenvalue weighted by Crippen LogP contribution is 2.34. The lowest BCUT2D eigenvalue weighted by molar-refractivity contribution is 0.441. The van der Waals surface area contributed by atoms with Gasteiger partial charge in [-0.25, -0.2) is 0 Å². The maximum Gasteiger partial charge on any atom is 0.00446 e. The Morgan fingerprint density at radius 1 is 1.28 bits per heavy atom. The number of aryl methyl sites for hydroxylation is 1. The lowest BCUT2D eigenvalue weighted by Gasteiger charge is -2.27. The molecule has 18 heavy (non-hydrogen) atoms. The number of hydrogen-bond acceptors (Lipinski definition) is 1. The Hall–Kier alpha value is -0.820. The second-order valence-corrected chi connectivity index (χ2v) is 5.78. The van der Waals surface area contributed by atoms with Crippen LogP contribution in [0.1, 0.15) is 68.9 Å². The van der Waals surface area contributed by atoms with E-state index < -0.39 is 0 Å². The summed E-state index contributed by atoms with van der Waals surface area (Å²) in [6.07, 6.45) is 10.2. The quantitative estimate of drug-likeness (QED) is 0.738. The minimum atomic E-state index is 0.396. The molecule has 2 rings (SSSR count). The van der Waals surface area contributed by atoms with Gasteiger partial charge in [-0.3, -0.25) is 0 Å². The zero-order valence-electron chi connectivity index (χ0n) is 11.7. The third kappa shape index (κ3) is 3.58.